The Kier molecular flexibility index (Phi) is 5.12. The number of benzene rings is 1. The lowest BCUT2D eigenvalue weighted by molar-refractivity contribution is -0.115. The molecule has 0 aliphatic rings. The van der Waals surface area contributed by atoms with Gasteiger partial charge in [-0.1, -0.05) is 12.1 Å². The normalized spacial score (nSPS) is 9.93. The van der Waals surface area contributed by atoms with Crippen LogP contribution >= 0.6 is 11.8 Å². The van der Waals surface area contributed by atoms with Crippen LogP contribution in [0.1, 0.15) is 12.0 Å². The topological polar surface area (TPSA) is 29.1 Å². The molecule has 0 saturated heterocycles. The largest absolute Gasteiger partial charge is 0.326 e. The standard InChI is InChI=1S/C12H15NOS/c1-3-10-4-6-11(7-5-10)13-12(14)8-9-15-2/h4-7H,1,3,8-9H2,2H3/p+1. The van der Waals surface area contributed by atoms with E-state index in [-0.39, 0.29) is 5.91 Å². The predicted molar refractivity (Wildman–Crippen MR) is 67.1 cm³/mol. The van der Waals surface area contributed by atoms with Gasteiger partial charge in [-0.2, -0.15) is 11.8 Å². The summed E-state index contributed by atoms with van der Waals surface area (Å²) in [5, 5.41) is 2.86. The molecule has 0 radical (unpaired) electrons. The Morgan fingerprint density at radius 3 is 2.60 bits per heavy atom. The number of hydrogen-bond acceptors (Lipinski definition) is 2. The number of anilines is 1. The molecule has 0 heterocycles. The zero-order valence-electron chi connectivity index (χ0n) is 8.95. The molecule has 0 bridgehead atoms. The SMILES string of the molecule is [CH2+]Cc1ccc(NC(=O)CCSC)cc1. The van der Waals surface area contributed by atoms with Gasteiger partial charge >= 0.3 is 0 Å². The van der Waals surface area contributed by atoms with E-state index >= 15 is 0 Å². The molecule has 1 aromatic rings. The summed E-state index contributed by atoms with van der Waals surface area (Å²) in [6.45, 7) is 3.80. The zero-order valence-corrected chi connectivity index (χ0v) is 9.77. The van der Waals surface area contributed by atoms with Crippen molar-refractivity contribution in [2.75, 3.05) is 17.3 Å². The molecule has 0 atom stereocenters. The highest BCUT2D eigenvalue weighted by atomic mass is 32.2. The van der Waals surface area contributed by atoms with Crippen molar-refractivity contribution in [3.05, 3.63) is 36.8 Å². The molecule has 3 heteroatoms. The van der Waals surface area contributed by atoms with Crippen LogP contribution in [0.2, 0.25) is 0 Å². The quantitative estimate of drug-likeness (QED) is 0.776. The second-order valence-corrected chi connectivity index (χ2v) is 4.22. The minimum atomic E-state index is 0.0757. The molecular formula is C12H16NOS+. The van der Waals surface area contributed by atoms with Gasteiger partial charge in [0.2, 0.25) is 5.91 Å². The van der Waals surface area contributed by atoms with E-state index in [1.54, 1.807) is 11.8 Å². The summed E-state index contributed by atoms with van der Waals surface area (Å²) in [6.07, 6.45) is 3.34. The van der Waals surface area contributed by atoms with Gasteiger partial charge in [0, 0.05) is 17.9 Å². The summed E-state index contributed by atoms with van der Waals surface area (Å²) in [5.74, 6) is 0.940. The minimum Gasteiger partial charge on any atom is -0.326 e. The average molecular weight is 222 g/mol. The van der Waals surface area contributed by atoms with Crippen molar-refractivity contribution in [1.29, 1.82) is 0 Å². The number of thioether (sulfide) groups is 1. The fourth-order valence-electron chi connectivity index (χ4n) is 1.17. The van der Waals surface area contributed by atoms with Crippen LogP contribution in [0.15, 0.2) is 24.3 Å². The minimum absolute atomic E-state index is 0.0757. The number of amides is 1. The van der Waals surface area contributed by atoms with Crippen molar-refractivity contribution in [3.8, 4) is 0 Å². The first-order valence-corrected chi connectivity index (χ1v) is 6.32. The fraction of sp³-hybridized carbons (Fsp3) is 0.333. The molecule has 1 aromatic carbocycles. The monoisotopic (exact) mass is 222 g/mol. The van der Waals surface area contributed by atoms with E-state index in [0.29, 0.717) is 6.42 Å². The van der Waals surface area contributed by atoms with Gasteiger partial charge in [0.1, 0.15) is 6.42 Å². The number of carbonyl (C=O) groups excluding carboxylic acids is 1. The van der Waals surface area contributed by atoms with Crippen LogP contribution in [-0.2, 0) is 11.2 Å². The zero-order chi connectivity index (χ0) is 11.1. The molecule has 0 aromatic heterocycles. The van der Waals surface area contributed by atoms with Gasteiger partial charge in [-0.25, -0.2) is 0 Å². The van der Waals surface area contributed by atoms with Crippen molar-refractivity contribution in [2.24, 2.45) is 0 Å². The molecule has 0 fully saturated rings. The van der Waals surface area contributed by atoms with E-state index in [0.717, 1.165) is 17.9 Å². The average Bonchev–Trinajstić information content (AvgIpc) is 2.27. The molecule has 15 heavy (non-hydrogen) atoms. The van der Waals surface area contributed by atoms with Gasteiger partial charge in [-0.3, -0.25) is 4.79 Å². The van der Waals surface area contributed by atoms with Crippen LogP contribution in [0.4, 0.5) is 5.69 Å². The Bertz CT molecular complexity index is 308. The Hall–Kier alpha value is -1.09. The van der Waals surface area contributed by atoms with E-state index < -0.39 is 0 Å². The lowest BCUT2D eigenvalue weighted by Crippen LogP contribution is -2.11. The third-order valence-corrected chi connectivity index (χ3v) is 2.67. The van der Waals surface area contributed by atoms with Gasteiger partial charge < -0.3 is 5.32 Å². The Morgan fingerprint density at radius 1 is 1.40 bits per heavy atom. The van der Waals surface area contributed by atoms with Crippen molar-refractivity contribution < 1.29 is 4.79 Å². The van der Waals surface area contributed by atoms with E-state index in [4.69, 9.17) is 0 Å². The van der Waals surface area contributed by atoms with Gasteiger partial charge in [0.15, 0.2) is 0 Å². The molecule has 0 spiro atoms. The smallest absolute Gasteiger partial charge is 0.225 e. The lowest BCUT2D eigenvalue weighted by atomic mass is 10.1. The van der Waals surface area contributed by atoms with Crippen molar-refractivity contribution in [2.45, 2.75) is 12.8 Å². The second-order valence-electron chi connectivity index (χ2n) is 3.24. The van der Waals surface area contributed by atoms with Crippen LogP contribution in [0.3, 0.4) is 0 Å². The van der Waals surface area contributed by atoms with E-state index in [2.05, 4.69) is 12.2 Å². The van der Waals surface area contributed by atoms with Crippen molar-refractivity contribution in [3.63, 3.8) is 0 Å². The van der Waals surface area contributed by atoms with Gasteiger partial charge in [0.25, 0.3) is 0 Å². The molecule has 0 unspecified atom stereocenters. The van der Waals surface area contributed by atoms with Gasteiger partial charge in [0.05, 0.1) is 6.92 Å². The number of hydrogen-bond donors (Lipinski definition) is 1. The number of nitrogens with one attached hydrogen (secondary N) is 1. The van der Waals surface area contributed by atoms with Crippen LogP contribution in [-0.4, -0.2) is 17.9 Å². The first-order chi connectivity index (χ1) is 7.26. The summed E-state index contributed by atoms with van der Waals surface area (Å²) in [6, 6.07) is 7.80. The third-order valence-electron chi connectivity index (χ3n) is 2.06. The summed E-state index contributed by atoms with van der Waals surface area (Å²) in [7, 11) is 0. The molecular weight excluding hydrogens is 206 g/mol. The van der Waals surface area contributed by atoms with Gasteiger partial charge in [-0.05, 0) is 24.0 Å². The highest BCUT2D eigenvalue weighted by molar-refractivity contribution is 7.98. The maximum Gasteiger partial charge on any atom is 0.225 e. The molecule has 2 nitrogen and oxygen atoms in total. The highest BCUT2D eigenvalue weighted by Crippen LogP contribution is 2.10. The Morgan fingerprint density at radius 2 is 2.07 bits per heavy atom. The van der Waals surface area contributed by atoms with Crippen molar-refractivity contribution in [1.82, 2.24) is 0 Å². The summed E-state index contributed by atoms with van der Waals surface area (Å²) in [4.78, 5) is 11.4. The molecule has 0 saturated carbocycles. The highest BCUT2D eigenvalue weighted by Gasteiger charge is 2.01. The third kappa shape index (κ3) is 4.30. The Balaban J connectivity index is 2.46. The van der Waals surface area contributed by atoms with Crippen LogP contribution < -0.4 is 5.32 Å². The second kappa shape index (κ2) is 6.40. The molecule has 1 amide bonds. The van der Waals surface area contributed by atoms with E-state index in [9.17, 15) is 4.79 Å². The molecule has 0 aliphatic carbocycles. The van der Waals surface area contributed by atoms with Crippen LogP contribution in [0.25, 0.3) is 0 Å². The van der Waals surface area contributed by atoms with Crippen LogP contribution in [0, 0.1) is 6.92 Å². The number of rotatable bonds is 5. The van der Waals surface area contributed by atoms with E-state index in [1.165, 1.54) is 5.56 Å². The summed E-state index contributed by atoms with van der Waals surface area (Å²) >= 11 is 1.68. The fourth-order valence-corrected chi connectivity index (χ4v) is 1.56. The first kappa shape index (κ1) is 12.0. The summed E-state index contributed by atoms with van der Waals surface area (Å²) in [5.41, 5.74) is 2.04. The maximum atomic E-state index is 11.4. The van der Waals surface area contributed by atoms with Crippen LogP contribution in [0.5, 0.6) is 0 Å². The summed E-state index contributed by atoms with van der Waals surface area (Å²) < 4.78 is 0. The molecule has 0 aliphatic heterocycles. The first-order valence-electron chi connectivity index (χ1n) is 4.93. The molecule has 1 N–H and O–H groups in total. The molecule has 80 valence electrons. The van der Waals surface area contributed by atoms with E-state index in [1.807, 2.05) is 30.5 Å². The lowest BCUT2D eigenvalue weighted by Gasteiger charge is -2.04. The predicted octanol–water partition coefficient (Wildman–Crippen LogP) is 2.75. The van der Waals surface area contributed by atoms with Gasteiger partial charge in [-0.15, -0.1) is 0 Å². The Labute approximate surface area is 95.5 Å². The maximum absolute atomic E-state index is 11.4. The molecule has 1 rings (SSSR count). The van der Waals surface area contributed by atoms with Crippen molar-refractivity contribution >= 4 is 23.4 Å². The number of carbonyl (C=O) groups is 1.